The molecule has 122 valence electrons. The molecule has 0 aromatic heterocycles. The first-order valence-electron chi connectivity index (χ1n) is 7.27. The minimum absolute atomic E-state index is 0.150. The summed E-state index contributed by atoms with van der Waals surface area (Å²) in [6, 6.07) is 0. The van der Waals surface area contributed by atoms with Gasteiger partial charge in [0.15, 0.2) is 0 Å². The fourth-order valence-corrected chi connectivity index (χ4v) is 1.63. The number of rotatable bonds is 9. The minimum Gasteiger partial charge on any atom is -0.351 e. The monoisotopic (exact) mass is 307 g/mol. The average Bonchev–Trinajstić information content (AvgIpc) is 2.46. The maximum atomic E-state index is 11.9. The first kappa shape index (κ1) is 19.6. The van der Waals surface area contributed by atoms with Gasteiger partial charge in [0.25, 0.3) is 0 Å². The molecular weight excluding hydrogens is 282 g/mol. The lowest BCUT2D eigenvalue weighted by atomic mass is 10.3. The Kier molecular flexibility index (Phi) is 11.0. The Bertz CT molecular complexity index is 424. The van der Waals surface area contributed by atoms with Crippen LogP contribution < -0.4 is 10.6 Å². The quantitative estimate of drug-likeness (QED) is 0.618. The van der Waals surface area contributed by atoms with Gasteiger partial charge in [-0.05, 0) is 39.0 Å². The zero-order chi connectivity index (χ0) is 16.8. The summed E-state index contributed by atoms with van der Waals surface area (Å²) in [7, 11) is 0. The van der Waals surface area contributed by atoms with Gasteiger partial charge in [-0.15, -0.1) is 0 Å². The van der Waals surface area contributed by atoms with E-state index in [1.165, 1.54) is 18.2 Å². The van der Waals surface area contributed by atoms with E-state index in [0.717, 1.165) is 0 Å². The van der Waals surface area contributed by atoms with Crippen molar-refractivity contribution in [3.63, 3.8) is 0 Å². The van der Waals surface area contributed by atoms with Gasteiger partial charge in [0, 0.05) is 26.2 Å². The Morgan fingerprint density at radius 1 is 0.773 bits per heavy atom. The van der Waals surface area contributed by atoms with Crippen molar-refractivity contribution in [2.45, 2.75) is 20.8 Å². The number of hydrogen-bond acceptors (Lipinski definition) is 3. The summed E-state index contributed by atoms with van der Waals surface area (Å²) >= 11 is 0. The van der Waals surface area contributed by atoms with Crippen molar-refractivity contribution in [2.75, 3.05) is 26.2 Å². The van der Waals surface area contributed by atoms with Crippen molar-refractivity contribution in [3.8, 4) is 0 Å². The van der Waals surface area contributed by atoms with Gasteiger partial charge in [0.05, 0.1) is 0 Å². The highest BCUT2D eigenvalue weighted by Gasteiger charge is 2.10. The van der Waals surface area contributed by atoms with Gasteiger partial charge in [0.1, 0.15) is 0 Å². The minimum atomic E-state index is -0.192. The fraction of sp³-hybridized carbons (Fsp3) is 0.438. The molecule has 6 nitrogen and oxygen atoms in total. The topological polar surface area (TPSA) is 78.5 Å². The lowest BCUT2D eigenvalue weighted by Gasteiger charge is -2.21. The Morgan fingerprint density at radius 2 is 1.18 bits per heavy atom. The normalized spacial score (nSPS) is 11.2. The number of nitrogens with one attached hydrogen (secondary N) is 2. The van der Waals surface area contributed by atoms with Crippen LogP contribution in [0, 0.1) is 0 Å². The summed E-state index contributed by atoms with van der Waals surface area (Å²) in [6.07, 6.45) is 9.27. The number of amides is 3. The highest BCUT2D eigenvalue weighted by atomic mass is 16.2. The standard InChI is InChI=1S/C16H25N3O3/c1-4-7-14(20)17-10-12-19(16(22)9-6-3)13-11-18-15(21)8-5-2/h4-9H,10-13H2,1-3H3,(H,17,20)(H,18,21)/b7-4+,8-5+,9-6+. The Labute approximate surface area is 131 Å². The molecule has 6 heteroatoms. The number of carbonyl (C=O) groups is 3. The van der Waals surface area contributed by atoms with Gasteiger partial charge in [-0.25, -0.2) is 0 Å². The summed E-state index contributed by atoms with van der Waals surface area (Å²) in [6.45, 7) is 6.75. The lowest BCUT2D eigenvalue weighted by molar-refractivity contribution is -0.127. The molecule has 3 amide bonds. The van der Waals surface area contributed by atoms with Crippen LogP contribution in [-0.4, -0.2) is 48.8 Å². The van der Waals surface area contributed by atoms with E-state index in [1.54, 1.807) is 43.9 Å². The van der Waals surface area contributed by atoms with Crippen molar-refractivity contribution in [2.24, 2.45) is 0 Å². The van der Waals surface area contributed by atoms with Crippen LogP contribution in [0.1, 0.15) is 20.8 Å². The summed E-state index contributed by atoms with van der Waals surface area (Å²) in [5.74, 6) is -0.535. The van der Waals surface area contributed by atoms with Crippen LogP contribution in [0.25, 0.3) is 0 Å². The molecule has 0 fully saturated rings. The van der Waals surface area contributed by atoms with Crippen molar-refractivity contribution in [1.82, 2.24) is 15.5 Å². The zero-order valence-corrected chi connectivity index (χ0v) is 13.5. The van der Waals surface area contributed by atoms with E-state index >= 15 is 0 Å². The van der Waals surface area contributed by atoms with E-state index in [4.69, 9.17) is 0 Å². The van der Waals surface area contributed by atoms with Crippen molar-refractivity contribution in [3.05, 3.63) is 36.5 Å². The van der Waals surface area contributed by atoms with E-state index < -0.39 is 0 Å². The molecule has 0 heterocycles. The summed E-state index contributed by atoms with van der Waals surface area (Å²) in [5.41, 5.74) is 0. The molecule has 0 atom stereocenters. The highest BCUT2D eigenvalue weighted by Crippen LogP contribution is 1.91. The molecule has 0 saturated heterocycles. The van der Waals surface area contributed by atoms with Crippen LogP contribution in [0.2, 0.25) is 0 Å². The van der Waals surface area contributed by atoms with Crippen LogP contribution >= 0.6 is 0 Å². The molecule has 0 rings (SSSR count). The first-order chi connectivity index (χ1) is 10.5. The van der Waals surface area contributed by atoms with Gasteiger partial charge in [0.2, 0.25) is 17.7 Å². The van der Waals surface area contributed by atoms with Gasteiger partial charge in [-0.3, -0.25) is 14.4 Å². The SMILES string of the molecule is C/C=C/C(=O)NCCN(CCNC(=O)/C=C/C)C(=O)/C=C/C. The molecule has 0 aliphatic rings. The predicted molar refractivity (Wildman–Crippen MR) is 87.0 cm³/mol. The van der Waals surface area contributed by atoms with Crippen LogP contribution in [0.5, 0.6) is 0 Å². The molecule has 0 aromatic rings. The second kappa shape index (κ2) is 12.4. The Balaban J connectivity index is 4.35. The van der Waals surface area contributed by atoms with Crippen LogP contribution in [-0.2, 0) is 14.4 Å². The van der Waals surface area contributed by atoms with Crippen molar-refractivity contribution >= 4 is 17.7 Å². The fourth-order valence-electron chi connectivity index (χ4n) is 1.63. The molecular formula is C16H25N3O3. The number of allylic oxidation sites excluding steroid dienone is 3. The molecule has 0 spiro atoms. The molecule has 0 aliphatic carbocycles. The molecule has 0 aromatic carbocycles. The van der Waals surface area contributed by atoms with Gasteiger partial charge >= 0.3 is 0 Å². The summed E-state index contributed by atoms with van der Waals surface area (Å²) in [4.78, 5) is 36.1. The third kappa shape index (κ3) is 9.52. The molecule has 0 saturated carbocycles. The Morgan fingerprint density at radius 3 is 1.55 bits per heavy atom. The lowest BCUT2D eigenvalue weighted by Crippen LogP contribution is -2.41. The molecule has 22 heavy (non-hydrogen) atoms. The predicted octanol–water partition coefficient (Wildman–Crippen LogP) is 0.776. The molecule has 2 N–H and O–H groups in total. The second-order valence-corrected chi connectivity index (χ2v) is 4.41. The van der Waals surface area contributed by atoms with Gasteiger partial charge < -0.3 is 15.5 Å². The second-order valence-electron chi connectivity index (χ2n) is 4.41. The first-order valence-corrected chi connectivity index (χ1v) is 7.27. The van der Waals surface area contributed by atoms with E-state index in [2.05, 4.69) is 10.6 Å². The molecule has 0 unspecified atom stereocenters. The third-order valence-electron chi connectivity index (χ3n) is 2.62. The maximum Gasteiger partial charge on any atom is 0.246 e. The van der Waals surface area contributed by atoms with Gasteiger partial charge in [-0.1, -0.05) is 18.2 Å². The highest BCUT2D eigenvalue weighted by molar-refractivity contribution is 5.89. The summed E-state index contributed by atoms with van der Waals surface area (Å²) < 4.78 is 0. The molecule has 0 radical (unpaired) electrons. The van der Waals surface area contributed by atoms with E-state index in [1.807, 2.05) is 0 Å². The number of nitrogens with zero attached hydrogens (tertiary/aromatic N) is 1. The number of hydrogen-bond donors (Lipinski definition) is 2. The van der Waals surface area contributed by atoms with Gasteiger partial charge in [-0.2, -0.15) is 0 Å². The maximum absolute atomic E-state index is 11.9. The van der Waals surface area contributed by atoms with Crippen molar-refractivity contribution < 1.29 is 14.4 Å². The van der Waals surface area contributed by atoms with Crippen LogP contribution in [0.15, 0.2) is 36.5 Å². The zero-order valence-electron chi connectivity index (χ0n) is 13.5. The average molecular weight is 307 g/mol. The van der Waals surface area contributed by atoms with E-state index in [9.17, 15) is 14.4 Å². The summed E-state index contributed by atoms with van der Waals surface area (Å²) in [5, 5.41) is 5.38. The number of carbonyl (C=O) groups excluding carboxylic acids is 3. The van der Waals surface area contributed by atoms with Crippen LogP contribution in [0.4, 0.5) is 0 Å². The molecule has 0 aliphatic heterocycles. The van der Waals surface area contributed by atoms with E-state index in [-0.39, 0.29) is 17.7 Å². The van der Waals surface area contributed by atoms with E-state index in [0.29, 0.717) is 26.2 Å². The molecule has 0 bridgehead atoms. The smallest absolute Gasteiger partial charge is 0.246 e. The Hall–Kier alpha value is -2.37. The van der Waals surface area contributed by atoms with Crippen LogP contribution in [0.3, 0.4) is 0 Å². The third-order valence-corrected chi connectivity index (χ3v) is 2.62. The largest absolute Gasteiger partial charge is 0.351 e. The van der Waals surface area contributed by atoms with Crippen molar-refractivity contribution in [1.29, 1.82) is 0 Å².